The number of benzene rings is 1. The van der Waals surface area contributed by atoms with Gasteiger partial charge in [0.2, 0.25) is 11.8 Å². The summed E-state index contributed by atoms with van der Waals surface area (Å²) in [6.45, 7) is 10.2. The lowest BCUT2D eigenvalue weighted by molar-refractivity contribution is -0.137. The Hall–Kier alpha value is -3.82. The Bertz CT molecular complexity index is 1640. The number of pyridine rings is 2. The van der Waals surface area contributed by atoms with E-state index >= 15 is 0 Å². The molecular formula is C31H35N5O3S. The summed E-state index contributed by atoms with van der Waals surface area (Å²) >= 11 is 1.47. The molecule has 40 heavy (non-hydrogen) atoms. The fraction of sp³-hybridized carbons (Fsp3) is 0.355. The van der Waals surface area contributed by atoms with Gasteiger partial charge in [0, 0.05) is 57.9 Å². The van der Waals surface area contributed by atoms with Crippen LogP contribution in [0.1, 0.15) is 37.6 Å². The molecule has 208 valence electrons. The Kier molecular flexibility index (Phi) is 7.61. The number of aryl methyl sites for hydroxylation is 1. The van der Waals surface area contributed by atoms with E-state index in [1.807, 2.05) is 61.8 Å². The van der Waals surface area contributed by atoms with E-state index in [1.165, 1.54) is 11.3 Å². The number of anilines is 2. The predicted octanol–water partition coefficient (Wildman–Crippen LogP) is 4.82. The molecule has 0 N–H and O–H groups in total. The van der Waals surface area contributed by atoms with Gasteiger partial charge < -0.3 is 14.4 Å². The highest BCUT2D eigenvalue weighted by atomic mass is 32.1. The zero-order valence-electron chi connectivity index (χ0n) is 23.7. The van der Waals surface area contributed by atoms with Crippen LogP contribution in [0.3, 0.4) is 0 Å². The Morgan fingerprint density at radius 2 is 1.80 bits per heavy atom. The van der Waals surface area contributed by atoms with Crippen molar-refractivity contribution in [1.82, 2.24) is 14.5 Å². The van der Waals surface area contributed by atoms with Gasteiger partial charge in [-0.3, -0.25) is 24.3 Å². The highest BCUT2D eigenvalue weighted by molar-refractivity contribution is 7.17. The van der Waals surface area contributed by atoms with Gasteiger partial charge in [0.1, 0.15) is 5.41 Å². The van der Waals surface area contributed by atoms with Gasteiger partial charge in [-0.1, -0.05) is 12.1 Å². The number of carbonyl (C=O) groups excluding carboxylic acids is 2. The van der Waals surface area contributed by atoms with Crippen molar-refractivity contribution in [2.75, 3.05) is 29.9 Å². The number of thiophene rings is 1. The second-order valence-electron chi connectivity index (χ2n) is 10.8. The van der Waals surface area contributed by atoms with E-state index in [0.29, 0.717) is 32.7 Å². The van der Waals surface area contributed by atoms with Crippen molar-refractivity contribution in [2.24, 2.45) is 5.41 Å². The van der Waals surface area contributed by atoms with Crippen molar-refractivity contribution in [2.45, 2.75) is 47.3 Å². The van der Waals surface area contributed by atoms with Gasteiger partial charge in [0.05, 0.1) is 16.1 Å². The molecule has 0 radical (unpaired) electrons. The number of amides is 2. The topological polar surface area (TPSA) is 78.8 Å². The Morgan fingerprint density at radius 1 is 1.00 bits per heavy atom. The molecule has 0 unspecified atom stereocenters. The first kappa shape index (κ1) is 27.7. The van der Waals surface area contributed by atoms with Crippen LogP contribution in [-0.2, 0) is 29.2 Å². The first-order valence-electron chi connectivity index (χ1n) is 13.5. The van der Waals surface area contributed by atoms with E-state index in [2.05, 4.69) is 16.0 Å². The molecule has 0 bridgehead atoms. The van der Waals surface area contributed by atoms with E-state index in [-0.39, 0.29) is 17.4 Å². The highest BCUT2D eigenvalue weighted by Crippen LogP contribution is 2.39. The van der Waals surface area contributed by atoms with E-state index in [0.717, 1.165) is 38.3 Å². The maximum Gasteiger partial charge on any atom is 0.268 e. The molecule has 0 saturated heterocycles. The monoisotopic (exact) mass is 557 g/mol. The molecular weight excluding hydrogens is 522 g/mol. The summed E-state index contributed by atoms with van der Waals surface area (Å²) in [7, 11) is 1.74. The van der Waals surface area contributed by atoms with Crippen LogP contribution in [0, 0.1) is 12.3 Å². The van der Waals surface area contributed by atoms with Crippen LogP contribution >= 0.6 is 11.3 Å². The van der Waals surface area contributed by atoms with Gasteiger partial charge in [0.15, 0.2) is 0 Å². The third-order valence-electron chi connectivity index (χ3n) is 7.79. The lowest BCUT2D eigenvalue weighted by Gasteiger charge is -2.27. The van der Waals surface area contributed by atoms with Crippen molar-refractivity contribution in [1.29, 1.82) is 0 Å². The van der Waals surface area contributed by atoms with E-state index in [4.69, 9.17) is 0 Å². The molecule has 5 rings (SSSR count). The normalized spacial score (nSPS) is 15.2. The molecule has 4 heterocycles. The molecule has 3 aromatic heterocycles. The van der Waals surface area contributed by atoms with Gasteiger partial charge in [-0.05, 0) is 79.9 Å². The molecule has 1 aliphatic heterocycles. The van der Waals surface area contributed by atoms with E-state index in [9.17, 15) is 14.4 Å². The number of rotatable bonds is 8. The number of fused-ring (bicyclic) bond motifs is 2. The summed E-state index contributed by atoms with van der Waals surface area (Å²) in [5.74, 6) is -0.418. The molecule has 1 aromatic carbocycles. The summed E-state index contributed by atoms with van der Waals surface area (Å²) in [6, 6.07) is 14.0. The summed E-state index contributed by atoms with van der Waals surface area (Å²) < 4.78 is 2.55. The van der Waals surface area contributed by atoms with Gasteiger partial charge >= 0.3 is 0 Å². The molecule has 0 atom stereocenters. The van der Waals surface area contributed by atoms with Crippen LogP contribution in [0.25, 0.3) is 10.1 Å². The van der Waals surface area contributed by atoms with Crippen molar-refractivity contribution in [3.8, 4) is 0 Å². The number of hydrogen-bond donors (Lipinski definition) is 0. The first-order valence-corrected chi connectivity index (χ1v) is 14.4. The average molecular weight is 558 g/mol. The second kappa shape index (κ2) is 11.0. The lowest BCUT2D eigenvalue weighted by atomic mass is 9.90. The Labute approximate surface area is 238 Å². The maximum atomic E-state index is 13.3. The Morgan fingerprint density at radius 3 is 2.55 bits per heavy atom. The largest absolute Gasteiger partial charge is 0.313 e. The quantitative estimate of drug-likeness (QED) is 0.290. The molecule has 4 aromatic rings. The third kappa shape index (κ3) is 5.07. The maximum absolute atomic E-state index is 13.3. The molecule has 1 aliphatic rings. The van der Waals surface area contributed by atoms with Crippen molar-refractivity contribution >= 4 is 44.6 Å². The van der Waals surface area contributed by atoms with Gasteiger partial charge in [-0.2, -0.15) is 0 Å². The molecule has 2 amide bonds. The predicted molar refractivity (Wildman–Crippen MR) is 161 cm³/mol. The van der Waals surface area contributed by atoms with Crippen LogP contribution in [-0.4, -0.2) is 46.4 Å². The summed E-state index contributed by atoms with van der Waals surface area (Å²) in [4.78, 5) is 49.7. The number of carbonyl (C=O) groups is 2. The van der Waals surface area contributed by atoms with Crippen molar-refractivity contribution < 1.29 is 9.59 Å². The molecule has 0 saturated carbocycles. The first-order chi connectivity index (χ1) is 19.1. The van der Waals surface area contributed by atoms with E-state index < -0.39 is 5.41 Å². The summed E-state index contributed by atoms with van der Waals surface area (Å²) in [6.07, 6.45) is 3.66. The minimum atomic E-state index is -1.15. The van der Waals surface area contributed by atoms with Crippen LogP contribution in [0.5, 0.6) is 0 Å². The summed E-state index contributed by atoms with van der Waals surface area (Å²) in [5, 5.41) is 2.92. The average Bonchev–Trinajstić information content (AvgIpc) is 3.42. The lowest BCUT2D eigenvalue weighted by Crippen LogP contribution is -2.47. The fourth-order valence-electron chi connectivity index (χ4n) is 5.36. The zero-order chi connectivity index (χ0) is 28.6. The SMILES string of the molecule is CCN1C(=O)C(C)(C)C(=O)N(C)c2cc(CN(CCn3ccc4ccsc4c3=O)Cc3cccnc3C)ccc21. The van der Waals surface area contributed by atoms with Crippen LogP contribution in [0.4, 0.5) is 11.4 Å². The fourth-order valence-corrected chi connectivity index (χ4v) is 6.20. The molecule has 8 nitrogen and oxygen atoms in total. The minimum Gasteiger partial charge on any atom is -0.313 e. The van der Waals surface area contributed by atoms with Gasteiger partial charge in [0.25, 0.3) is 5.56 Å². The molecule has 0 aliphatic carbocycles. The standard InChI is InChI=1S/C31H35N5O3S/c1-6-36-25-10-9-22(18-26(25)33(5)29(38)31(3,4)30(36)39)19-34(20-24-8-7-13-32-21(24)2)15-16-35-14-11-23-12-17-40-27(23)28(35)37/h7-14,17-18H,6,15-16,19-20H2,1-5H3. The zero-order valence-corrected chi connectivity index (χ0v) is 24.5. The van der Waals surface area contributed by atoms with Gasteiger partial charge in [-0.15, -0.1) is 11.3 Å². The van der Waals surface area contributed by atoms with Crippen molar-refractivity contribution in [3.63, 3.8) is 0 Å². The smallest absolute Gasteiger partial charge is 0.268 e. The summed E-state index contributed by atoms with van der Waals surface area (Å²) in [5.41, 5.74) is 3.45. The number of hydrogen-bond acceptors (Lipinski definition) is 6. The molecule has 0 fully saturated rings. The number of nitrogens with zero attached hydrogens (tertiary/aromatic N) is 5. The second-order valence-corrected chi connectivity index (χ2v) is 11.8. The Balaban J connectivity index is 1.46. The van der Waals surface area contributed by atoms with Crippen LogP contribution in [0.2, 0.25) is 0 Å². The van der Waals surface area contributed by atoms with Gasteiger partial charge in [-0.25, -0.2) is 0 Å². The molecule has 0 spiro atoms. The minimum absolute atomic E-state index is 0.0297. The number of aromatic nitrogens is 2. The highest BCUT2D eigenvalue weighted by Gasteiger charge is 2.45. The third-order valence-corrected chi connectivity index (χ3v) is 8.70. The van der Waals surface area contributed by atoms with Crippen LogP contribution in [0.15, 0.2) is 65.0 Å². The van der Waals surface area contributed by atoms with E-state index in [1.54, 1.807) is 41.5 Å². The molecule has 9 heteroatoms. The van der Waals surface area contributed by atoms with Crippen molar-refractivity contribution in [3.05, 3.63) is 87.4 Å². The van der Waals surface area contributed by atoms with Crippen LogP contribution < -0.4 is 15.4 Å².